The van der Waals surface area contributed by atoms with Gasteiger partial charge in [0.1, 0.15) is 5.82 Å². The maximum Gasteiger partial charge on any atom is 0.254 e. The second-order valence-corrected chi connectivity index (χ2v) is 5.94. The van der Waals surface area contributed by atoms with E-state index >= 15 is 0 Å². The molecule has 0 aromatic heterocycles. The topological polar surface area (TPSA) is 32.3 Å². The Balaban J connectivity index is 1.65. The molecule has 0 radical (unpaired) electrons. The third-order valence-electron chi connectivity index (χ3n) is 3.75. The van der Waals surface area contributed by atoms with Crippen molar-refractivity contribution in [2.45, 2.75) is 31.5 Å². The Morgan fingerprint density at radius 3 is 2.95 bits per heavy atom. The number of hydrogen-bond acceptors (Lipinski definition) is 2. The summed E-state index contributed by atoms with van der Waals surface area (Å²) in [6.07, 6.45) is 1.97. The zero-order valence-electron chi connectivity index (χ0n) is 10.1. The minimum Gasteiger partial charge on any atom is -0.303 e. The van der Waals surface area contributed by atoms with Crippen LogP contribution in [0.4, 0.5) is 4.39 Å². The standard InChI is InChI=1S/C13H13Cl2FN2O/c14-9-3-1-2-7(12(9)16)6-18(15)13(19)11-5-8-4-10(8)17-11/h1-3,8,10-11,17H,4-6H2/t8-,10-,11+/m1/s1. The molecule has 1 heterocycles. The van der Waals surface area contributed by atoms with Crippen LogP contribution in [0.2, 0.25) is 5.02 Å². The molecule has 6 heteroatoms. The van der Waals surface area contributed by atoms with Crippen LogP contribution in [-0.4, -0.2) is 22.4 Å². The average molecular weight is 303 g/mol. The highest BCUT2D eigenvalue weighted by molar-refractivity contribution is 6.30. The van der Waals surface area contributed by atoms with Gasteiger partial charge in [-0.15, -0.1) is 0 Å². The number of piperidine rings is 1. The molecular formula is C13H13Cl2FN2O. The van der Waals surface area contributed by atoms with E-state index in [1.807, 2.05) is 0 Å². The van der Waals surface area contributed by atoms with Crippen LogP contribution in [0.3, 0.4) is 0 Å². The number of nitrogens with one attached hydrogen (secondary N) is 1. The first-order valence-electron chi connectivity index (χ1n) is 6.22. The predicted octanol–water partition coefficient (Wildman–Crippen LogP) is 2.71. The molecule has 0 unspecified atom stereocenters. The van der Waals surface area contributed by atoms with E-state index in [0.29, 0.717) is 17.5 Å². The Bertz CT molecular complexity index is 515. The molecule has 1 aromatic rings. The van der Waals surface area contributed by atoms with Crippen LogP contribution in [0.15, 0.2) is 18.2 Å². The summed E-state index contributed by atoms with van der Waals surface area (Å²) in [6.45, 7) is 0.0142. The number of benzene rings is 1. The van der Waals surface area contributed by atoms with E-state index in [1.165, 1.54) is 6.07 Å². The van der Waals surface area contributed by atoms with Crippen LogP contribution < -0.4 is 5.32 Å². The van der Waals surface area contributed by atoms with Crippen LogP contribution in [0.1, 0.15) is 18.4 Å². The smallest absolute Gasteiger partial charge is 0.254 e. The monoisotopic (exact) mass is 302 g/mol. The zero-order valence-corrected chi connectivity index (χ0v) is 11.6. The summed E-state index contributed by atoms with van der Waals surface area (Å²) in [5.74, 6) is -0.111. The van der Waals surface area contributed by atoms with Crippen molar-refractivity contribution in [2.24, 2.45) is 5.92 Å². The molecule has 3 nitrogen and oxygen atoms in total. The van der Waals surface area contributed by atoms with E-state index in [2.05, 4.69) is 5.32 Å². The predicted molar refractivity (Wildman–Crippen MR) is 71.2 cm³/mol. The minimum absolute atomic E-state index is 0.0142. The maximum absolute atomic E-state index is 13.7. The lowest BCUT2D eigenvalue weighted by molar-refractivity contribution is -0.129. The molecule has 3 rings (SSSR count). The number of carbonyl (C=O) groups excluding carboxylic acids is 1. The fraction of sp³-hybridized carbons (Fsp3) is 0.462. The van der Waals surface area contributed by atoms with Crippen molar-refractivity contribution in [3.05, 3.63) is 34.6 Å². The number of rotatable bonds is 3. The first kappa shape index (κ1) is 13.2. The first-order chi connectivity index (χ1) is 9.06. The molecule has 1 N–H and O–H groups in total. The molecule has 19 heavy (non-hydrogen) atoms. The van der Waals surface area contributed by atoms with Gasteiger partial charge in [-0.3, -0.25) is 4.79 Å². The third kappa shape index (κ3) is 2.57. The van der Waals surface area contributed by atoms with Gasteiger partial charge in [-0.1, -0.05) is 23.7 Å². The lowest BCUT2D eigenvalue weighted by Gasteiger charge is -2.20. The Morgan fingerprint density at radius 2 is 2.26 bits per heavy atom. The summed E-state index contributed by atoms with van der Waals surface area (Å²) < 4.78 is 14.8. The van der Waals surface area contributed by atoms with Crippen LogP contribution in [-0.2, 0) is 11.3 Å². The molecule has 1 saturated heterocycles. The Hall–Kier alpha value is -0.840. The van der Waals surface area contributed by atoms with E-state index in [9.17, 15) is 9.18 Å². The van der Waals surface area contributed by atoms with Gasteiger partial charge < -0.3 is 5.32 Å². The summed E-state index contributed by atoms with van der Waals surface area (Å²) in [5.41, 5.74) is 0.319. The molecule has 1 aliphatic heterocycles. The molecule has 0 bridgehead atoms. The van der Waals surface area contributed by atoms with E-state index < -0.39 is 5.82 Å². The summed E-state index contributed by atoms with van der Waals surface area (Å²) in [4.78, 5) is 12.1. The fourth-order valence-electron chi connectivity index (χ4n) is 2.58. The molecule has 102 valence electrons. The van der Waals surface area contributed by atoms with Gasteiger partial charge in [-0.05, 0) is 24.8 Å². The number of fused-ring (bicyclic) bond motifs is 1. The van der Waals surface area contributed by atoms with Gasteiger partial charge in [0.25, 0.3) is 5.91 Å². The first-order valence-corrected chi connectivity index (χ1v) is 6.94. The van der Waals surface area contributed by atoms with E-state index in [0.717, 1.165) is 17.3 Å². The van der Waals surface area contributed by atoms with Gasteiger partial charge in [-0.25, -0.2) is 8.81 Å². The van der Waals surface area contributed by atoms with Crippen molar-refractivity contribution in [2.75, 3.05) is 0 Å². The van der Waals surface area contributed by atoms with Gasteiger partial charge in [0.2, 0.25) is 0 Å². The summed E-state index contributed by atoms with van der Waals surface area (Å²) >= 11 is 11.7. The molecule has 2 aliphatic rings. The van der Waals surface area contributed by atoms with Crippen LogP contribution >= 0.6 is 23.4 Å². The summed E-state index contributed by atoms with van der Waals surface area (Å²) in [6, 6.07) is 4.92. The molecule has 1 aromatic carbocycles. The zero-order chi connectivity index (χ0) is 13.6. The van der Waals surface area contributed by atoms with Gasteiger partial charge in [0.15, 0.2) is 0 Å². The maximum atomic E-state index is 13.7. The van der Waals surface area contributed by atoms with Crippen LogP contribution in [0.25, 0.3) is 0 Å². The van der Waals surface area contributed by atoms with E-state index in [1.54, 1.807) is 12.1 Å². The lowest BCUT2D eigenvalue weighted by Crippen LogP contribution is -2.40. The van der Waals surface area contributed by atoms with Gasteiger partial charge >= 0.3 is 0 Å². The minimum atomic E-state index is -0.523. The molecule has 1 aliphatic carbocycles. The normalized spacial score (nSPS) is 28.1. The van der Waals surface area contributed by atoms with Crippen molar-refractivity contribution in [1.29, 1.82) is 0 Å². The molecule has 1 amide bonds. The third-order valence-corrected chi connectivity index (χ3v) is 4.33. The fourth-order valence-corrected chi connectivity index (χ4v) is 3.02. The lowest BCUT2D eigenvalue weighted by atomic mass is 10.1. The Labute approximate surface area is 120 Å². The van der Waals surface area contributed by atoms with Crippen molar-refractivity contribution in [3.8, 4) is 0 Å². The van der Waals surface area contributed by atoms with Gasteiger partial charge in [0, 0.05) is 23.4 Å². The van der Waals surface area contributed by atoms with Gasteiger partial charge in [-0.2, -0.15) is 0 Å². The quantitative estimate of drug-likeness (QED) is 0.871. The molecule has 2 fully saturated rings. The van der Waals surface area contributed by atoms with Crippen molar-refractivity contribution in [1.82, 2.24) is 9.74 Å². The number of hydrogen-bond donors (Lipinski definition) is 1. The van der Waals surface area contributed by atoms with Gasteiger partial charge in [0.05, 0.1) is 17.6 Å². The Morgan fingerprint density at radius 1 is 1.47 bits per heavy atom. The molecule has 3 atom stereocenters. The van der Waals surface area contributed by atoms with Crippen molar-refractivity contribution >= 4 is 29.3 Å². The van der Waals surface area contributed by atoms with E-state index in [4.69, 9.17) is 23.4 Å². The van der Waals surface area contributed by atoms with E-state index in [-0.39, 0.29) is 23.5 Å². The van der Waals surface area contributed by atoms with Crippen LogP contribution in [0.5, 0.6) is 0 Å². The average Bonchev–Trinajstić information content (AvgIpc) is 3.00. The van der Waals surface area contributed by atoms with Crippen LogP contribution in [0, 0.1) is 11.7 Å². The molecule has 1 saturated carbocycles. The number of halogens is 3. The largest absolute Gasteiger partial charge is 0.303 e. The van der Waals surface area contributed by atoms with Crippen molar-refractivity contribution in [3.63, 3.8) is 0 Å². The Kier molecular flexibility index (Phi) is 3.41. The summed E-state index contributed by atoms with van der Waals surface area (Å²) in [5, 5.41) is 3.26. The number of nitrogens with zero attached hydrogens (tertiary/aromatic N) is 1. The highest BCUT2D eigenvalue weighted by Gasteiger charge is 2.48. The second kappa shape index (κ2) is 4.93. The highest BCUT2D eigenvalue weighted by atomic mass is 35.5. The number of carbonyl (C=O) groups is 1. The SMILES string of the molecule is O=C([C@@H]1C[C@H]2C[C@H]2N1)N(Cl)Cc1cccc(Cl)c1F. The van der Waals surface area contributed by atoms with Crippen molar-refractivity contribution < 1.29 is 9.18 Å². The number of amides is 1. The molecular weight excluding hydrogens is 290 g/mol. The highest BCUT2D eigenvalue weighted by Crippen LogP contribution is 2.41. The summed E-state index contributed by atoms with van der Waals surface area (Å²) in [7, 11) is 0. The second-order valence-electron chi connectivity index (χ2n) is 5.13. The molecule has 0 spiro atoms.